The molecule has 1 nitrogen and oxygen atoms in total. The van der Waals surface area contributed by atoms with E-state index < -0.39 is 9.76 Å². The Morgan fingerprint density at radius 1 is 1.33 bits per heavy atom. The molecular formula is C7H14OSi. The highest BCUT2D eigenvalue weighted by molar-refractivity contribution is 6.36. The molecule has 1 N–H and O–H groups in total. The monoisotopic (exact) mass is 142 g/mol. The summed E-state index contributed by atoms with van der Waals surface area (Å²) in [7, 11) is -0.793. The zero-order valence-corrected chi connectivity index (χ0v) is 7.18. The van der Waals surface area contributed by atoms with Crippen molar-refractivity contribution in [3.8, 4) is 0 Å². The van der Waals surface area contributed by atoms with Gasteiger partial charge >= 0.3 is 0 Å². The Bertz CT molecular complexity index is 109. The molecule has 0 aliphatic heterocycles. The van der Waals surface area contributed by atoms with E-state index in [0.717, 1.165) is 0 Å². The summed E-state index contributed by atoms with van der Waals surface area (Å²) in [4.78, 5) is 8.89. The first kappa shape index (κ1) is 7.03. The van der Waals surface area contributed by atoms with E-state index in [9.17, 15) is 0 Å². The Kier molecular flexibility index (Phi) is 3.01. The van der Waals surface area contributed by atoms with Crippen LogP contribution in [0.2, 0.25) is 0 Å². The number of hydrogen-bond acceptors (Lipinski definition) is 1. The number of allylic oxidation sites excluding steroid dienone is 2. The van der Waals surface area contributed by atoms with Crippen LogP contribution < -0.4 is 0 Å². The van der Waals surface area contributed by atoms with Crippen molar-refractivity contribution in [1.82, 2.24) is 0 Å². The molecule has 0 amide bonds. The van der Waals surface area contributed by atoms with Crippen molar-refractivity contribution in [3.05, 3.63) is 11.3 Å². The maximum atomic E-state index is 8.89. The molecule has 1 aliphatic carbocycles. The molecule has 0 saturated carbocycles. The van der Waals surface area contributed by atoms with Gasteiger partial charge < -0.3 is 4.80 Å². The molecule has 9 heavy (non-hydrogen) atoms. The van der Waals surface area contributed by atoms with E-state index in [1.54, 1.807) is 0 Å². The minimum Gasteiger partial charge on any atom is -0.434 e. The van der Waals surface area contributed by atoms with Gasteiger partial charge in [0, 0.05) is 0 Å². The minimum absolute atomic E-state index is 0.793. The van der Waals surface area contributed by atoms with Crippen LogP contribution in [0.1, 0.15) is 32.1 Å². The average Bonchev–Trinajstić information content (AvgIpc) is 2.13. The highest BCUT2D eigenvalue weighted by Crippen LogP contribution is 2.15. The normalized spacial score (nSPS) is 22.1. The van der Waals surface area contributed by atoms with Crippen molar-refractivity contribution < 1.29 is 4.80 Å². The summed E-state index contributed by atoms with van der Waals surface area (Å²) in [6.45, 7) is 0. The second-order valence-corrected chi connectivity index (χ2v) is 3.84. The van der Waals surface area contributed by atoms with E-state index in [1.165, 1.54) is 37.3 Å². The van der Waals surface area contributed by atoms with Crippen LogP contribution in [0.15, 0.2) is 11.3 Å². The standard InChI is InChI=1S/C7H14OSi/c8-9-7-5-3-1-2-4-6-7/h5,8H,1-4,6,9H2. The predicted molar refractivity (Wildman–Crippen MR) is 41.9 cm³/mol. The van der Waals surface area contributed by atoms with E-state index in [4.69, 9.17) is 4.80 Å². The van der Waals surface area contributed by atoms with Crippen LogP contribution in [0, 0.1) is 0 Å². The number of hydrogen-bond donors (Lipinski definition) is 1. The van der Waals surface area contributed by atoms with Gasteiger partial charge in [-0.2, -0.15) is 0 Å². The van der Waals surface area contributed by atoms with E-state index in [-0.39, 0.29) is 0 Å². The van der Waals surface area contributed by atoms with Gasteiger partial charge in [-0.3, -0.25) is 0 Å². The fraction of sp³-hybridized carbons (Fsp3) is 0.714. The minimum atomic E-state index is -0.793. The topological polar surface area (TPSA) is 20.2 Å². The molecule has 0 spiro atoms. The van der Waals surface area contributed by atoms with Gasteiger partial charge in [-0.15, -0.1) is 0 Å². The van der Waals surface area contributed by atoms with E-state index in [2.05, 4.69) is 6.08 Å². The molecule has 0 unspecified atom stereocenters. The quantitative estimate of drug-likeness (QED) is 0.540. The molecule has 0 atom stereocenters. The van der Waals surface area contributed by atoms with Crippen LogP contribution in [-0.2, 0) is 0 Å². The largest absolute Gasteiger partial charge is 0.434 e. The van der Waals surface area contributed by atoms with Crippen molar-refractivity contribution in [2.24, 2.45) is 0 Å². The van der Waals surface area contributed by atoms with Crippen LogP contribution in [0.5, 0.6) is 0 Å². The third-order valence-corrected chi connectivity index (χ3v) is 2.89. The van der Waals surface area contributed by atoms with Gasteiger partial charge in [-0.25, -0.2) is 0 Å². The zero-order valence-electron chi connectivity index (χ0n) is 5.77. The van der Waals surface area contributed by atoms with Gasteiger partial charge in [-0.1, -0.05) is 17.7 Å². The molecule has 0 bridgehead atoms. The summed E-state index contributed by atoms with van der Waals surface area (Å²) in [5, 5.41) is 1.38. The van der Waals surface area contributed by atoms with Gasteiger partial charge in [0.05, 0.1) is 0 Å². The summed E-state index contributed by atoms with van der Waals surface area (Å²) < 4.78 is 0. The Hall–Kier alpha value is -0.0831. The molecule has 0 fully saturated rings. The van der Waals surface area contributed by atoms with Crippen molar-refractivity contribution in [2.45, 2.75) is 32.1 Å². The summed E-state index contributed by atoms with van der Waals surface area (Å²) in [5.74, 6) is 0. The van der Waals surface area contributed by atoms with E-state index in [1.807, 2.05) is 0 Å². The van der Waals surface area contributed by atoms with Crippen molar-refractivity contribution in [2.75, 3.05) is 0 Å². The SMILES string of the molecule is O[SiH2]C1=CCCCCC1. The molecule has 2 heteroatoms. The summed E-state index contributed by atoms with van der Waals surface area (Å²) in [5.41, 5.74) is 0. The van der Waals surface area contributed by atoms with Gasteiger partial charge in [0.15, 0.2) is 9.76 Å². The first-order chi connectivity index (χ1) is 4.43. The zero-order chi connectivity index (χ0) is 6.53. The Morgan fingerprint density at radius 3 is 3.00 bits per heavy atom. The van der Waals surface area contributed by atoms with Crippen LogP contribution in [0.25, 0.3) is 0 Å². The summed E-state index contributed by atoms with van der Waals surface area (Å²) >= 11 is 0. The molecular weight excluding hydrogens is 128 g/mol. The lowest BCUT2D eigenvalue weighted by Gasteiger charge is -1.95. The number of rotatable bonds is 1. The second-order valence-electron chi connectivity index (χ2n) is 2.62. The average molecular weight is 142 g/mol. The lowest BCUT2D eigenvalue weighted by molar-refractivity contribution is 0.606. The molecule has 0 aromatic rings. The molecule has 0 radical (unpaired) electrons. The van der Waals surface area contributed by atoms with Gasteiger partial charge in [0.2, 0.25) is 0 Å². The highest BCUT2D eigenvalue weighted by Gasteiger charge is 2.00. The fourth-order valence-corrected chi connectivity index (χ4v) is 1.97. The van der Waals surface area contributed by atoms with Gasteiger partial charge in [0.1, 0.15) is 0 Å². The Labute approximate surface area is 58.7 Å². The molecule has 52 valence electrons. The lowest BCUT2D eigenvalue weighted by Crippen LogP contribution is -1.92. The fourth-order valence-electron chi connectivity index (χ4n) is 1.23. The van der Waals surface area contributed by atoms with E-state index in [0.29, 0.717) is 0 Å². The van der Waals surface area contributed by atoms with Crippen LogP contribution in [0.4, 0.5) is 0 Å². The van der Waals surface area contributed by atoms with E-state index >= 15 is 0 Å². The molecule has 0 aromatic heterocycles. The van der Waals surface area contributed by atoms with Crippen molar-refractivity contribution >= 4 is 9.76 Å². The third kappa shape index (κ3) is 2.33. The predicted octanol–water partition coefficient (Wildman–Crippen LogP) is 0.911. The third-order valence-electron chi connectivity index (χ3n) is 1.84. The first-order valence-corrected chi connectivity index (χ1v) is 5.06. The summed E-state index contributed by atoms with van der Waals surface area (Å²) in [6, 6.07) is 0. The van der Waals surface area contributed by atoms with Crippen molar-refractivity contribution in [3.63, 3.8) is 0 Å². The molecule has 1 rings (SSSR count). The Morgan fingerprint density at radius 2 is 2.22 bits per heavy atom. The Balaban J connectivity index is 2.37. The molecule has 1 aliphatic rings. The van der Waals surface area contributed by atoms with Crippen LogP contribution in [0.3, 0.4) is 0 Å². The van der Waals surface area contributed by atoms with Crippen molar-refractivity contribution in [1.29, 1.82) is 0 Å². The second kappa shape index (κ2) is 3.85. The summed E-state index contributed by atoms with van der Waals surface area (Å²) in [6.07, 6.45) is 8.64. The maximum Gasteiger partial charge on any atom is 0.183 e. The first-order valence-electron chi connectivity index (χ1n) is 3.72. The van der Waals surface area contributed by atoms with Crippen LogP contribution in [-0.4, -0.2) is 14.6 Å². The van der Waals surface area contributed by atoms with Gasteiger partial charge in [0.25, 0.3) is 0 Å². The highest BCUT2D eigenvalue weighted by atomic mass is 28.2. The maximum absolute atomic E-state index is 8.89. The smallest absolute Gasteiger partial charge is 0.183 e. The van der Waals surface area contributed by atoms with Gasteiger partial charge in [-0.05, 0) is 25.7 Å². The molecule has 0 heterocycles. The lowest BCUT2D eigenvalue weighted by atomic mass is 10.2. The van der Waals surface area contributed by atoms with Crippen LogP contribution >= 0.6 is 0 Å². The molecule has 0 saturated heterocycles. The molecule has 0 aromatic carbocycles.